The number of rotatable bonds is 7. The monoisotopic (exact) mass is 655 g/mol. The number of aryl methyl sites for hydroxylation is 1. The molecule has 4 rings (SSSR count). The summed E-state index contributed by atoms with van der Waals surface area (Å²) >= 11 is 0. The van der Waals surface area contributed by atoms with Gasteiger partial charge in [0.1, 0.15) is 30.4 Å². The van der Waals surface area contributed by atoms with Crippen LogP contribution in [0.4, 0.5) is 17.1 Å². The van der Waals surface area contributed by atoms with E-state index in [9.17, 15) is 48.5 Å². The minimum Gasteiger partial charge on any atom is -0.744 e. The molecule has 14 nitrogen and oxygen atoms in total. The van der Waals surface area contributed by atoms with Crippen molar-refractivity contribution in [3.63, 3.8) is 0 Å². The van der Waals surface area contributed by atoms with Gasteiger partial charge in [-0.2, -0.15) is 0 Å². The molecule has 4 N–H and O–H groups in total. The number of benzene rings is 4. The molecule has 43 heavy (non-hydrogen) atoms. The molecule has 4 aromatic carbocycles. The molecule has 0 saturated heterocycles. The van der Waals surface area contributed by atoms with Crippen molar-refractivity contribution < 1.29 is 78.1 Å². The molecule has 0 spiro atoms. The van der Waals surface area contributed by atoms with E-state index in [-0.39, 0.29) is 52.4 Å². The first kappa shape index (κ1) is 34.1. The van der Waals surface area contributed by atoms with Crippen LogP contribution in [0.3, 0.4) is 0 Å². The van der Waals surface area contributed by atoms with Gasteiger partial charge in [0.05, 0.1) is 20.4 Å². The van der Waals surface area contributed by atoms with Crippen molar-refractivity contribution in [3.05, 3.63) is 83.4 Å². The molecule has 0 saturated carbocycles. The first-order valence-electron chi connectivity index (χ1n) is 11.4. The molecule has 0 unspecified atom stereocenters. The molecule has 0 aliphatic heterocycles. The molecule has 0 aromatic heterocycles. The molecule has 220 valence electrons. The SMILES string of the molecule is Cc1ccc(C(=O)Nc2ccc(S(=O)(=O)[O-])c3cc(S(=O)(=O)[O-])cc(S(=O)(=O)[O-])c23)cc1NC(=O)c1cccc(N)c1.[Na+]. The number of nitrogen functional groups attached to an aromatic ring is 1. The summed E-state index contributed by atoms with van der Waals surface area (Å²) in [6.45, 7) is 1.64. The Kier molecular flexibility index (Phi) is 9.76. The minimum absolute atomic E-state index is 0. The minimum atomic E-state index is -5.61. The van der Waals surface area contributed by atoms with E-state index < -0.39 is 73.3 Å². The fraction of sp³-hybridized carbons (Fsp3) is 0.0400. The zero-order valence-corrected chi connectivity index (χ0v) is 26.6. The van der Waals surface area contributed by atoms with Crippen LogP contribution in [-0.2, 0) is 30.4 Å². The van der Waals surface area contributed by atoms with E-state index in [0.717, 1.165) is 6.07 Å². The molecule has 4 aromatic rings. The first-order valence-corrected chi connectivity index (χ1v) is 15.7. The largest absolute Gasteiger partial charge is 1.00 e. The van der Waals surface area contributed by atoms with Crippen molar-refractivity contribution in [2.45, 2.75) is 21.6 Å². The van der Waals surface area contributed by atoms with E-state index in [1.165, 1.54) is 30.3 Å². The van der Waals surface area contributed by atoms with Crippen LogP contribution in [0, 0.1) is 6.92 Å². The number of nitrogens with one attached hydrogen (secondary N) is 2. The number of amides is 2. The van der Waals surface area contributed by atoms with Crippen LogP contribution in [0.25, 0.3) is 10.8 Å². The van der Waals surface area contributed by atoms with Gasteiger partial charge in [-0.05, 0) is 67.1 Å². The van der Waals surface area contributed by atoms with E-state index >= 15 is 0 Å². The summed E-state index contributed by atoms with van der Waals surface area (Å²) in [6, 6.07) is 12.3. The summed E-state index contributed by atoms with van der Waals surface area (Å²) in [7, 11) is -16.5. The Morgan fingerprint density at radius 3 is 1.81 bits per heavy atom. The van der Waals surface area contributed by atoms with Crippen molar-refractivity contribution in [1.29, 1.82) is 0 Å². The summed E-state index contributed by atoms with van der Waals surface area (Å²) in [5.41, 5.74) is 6.44. The summed E-state index contributed by atoms with van der Waals surface area (Å²) in [4.78, 5) is 22.1. The van der Waals surface area contributed by atoms with Crippen LogP contribution >= 0.6 is 0 Å². The molecule has 2 amide bonds. The summed E-state index contributed by atoms with van der Waals surface area (Å²) in [5, 5.41) is 3.22. The predicted molar refractivity (Wildman–Crippen MR) is 146 cm³/mol. The molecule has 0 bridgehead atoms. The number of fused-ring (bicyclic) bond motifs is 1. The van der Waals surface area contributed by atoms with Crippen LogP contribution in [-0.4, -0.2) is 50.7 Å². The van der Waals surface area contributed by atoms with Crippen LogP contribution in [0.2, 0.25) is 0 Å². The van der Waals surface area contributed by atoms with Gasteiger partial charge in [0.15, 0.2) is 0 Å². The molecule has 0 atom stereocenters. The van der Waals surface area contributed by atoms with Gasteiger partial charge in [0.2, 0.25) is 0 Å². The van der Waals surface area contributed by atoms with E-state index in [2.05, 4.69) is 10.6 Å². The molecule has 0 heterocycles. The zero-order valence-electron chi connectivity index (χ0n) is 22.1. The van der Waals surface area contributed by atoms with Gasteiger partial charge in [-0.3, -0.25) is 9.59 Å². The fourth-order valence-electron chi connectivity index (χ4n) is 4.02. The van der Waals surface area contributed by atoms with Crippen molar-refractivity contribution in [3.8, 4) is 0 Å². The molecule has 0 aliphatic rings. The smallest absolute Gasteiger partial charge is 0.744 e. The van der Waals surface area contributed by atoms with Crippen molar-refractivity contribution in [2.75, 3.05) is 16.4 Å². The van der Waals surface area contributed by atoms with E-state index in [1.807, 2.05) is 0 Å². The molecule has 0 fully saturated rings. The van der Waals surface area contributed by atoms with Crippen LogP contribution in [0.1, 0.15) is 26.3 Å². The maximum Gasteiger partial charge on any atom is 1.00 e. The van der Waals surface area contributed by atoms with Gasteiger partial charge in [-0.25, -0.2) is 25.3 Å². The maximum atomic E-state index is 13.2. The molecule has 0 radical (unpaired) electrons. The van der Waals surface area contributed by atoms with E-state index in [0.29, 0.717) is 23.4 Å². The van der Waals surface area contributed by atoms with Crippen LogP contribution in [0.5, 0.6) is 0 Å². The second kappa shape index (κ2) is 12.3. The Hall–Kier alpha value is -3.39. The molecule has 0 aliphatic carbocycles. The number of hydrogen-bond acceptors (Lipinski definition) is 12. The second-order valence-electron chi connectivity index (χ2n) is 8.88. The number of anilines is 3. The molecular weight excluding hydrogens is 637 g/mol. The van der Waals surface area contributed by atoms with Gasteiger partial charge >= 0.3 is 29.6 Å². The van der Waals surface area contributed by atoms with Gasteiger partial charge in [0.25, 0.3) is 11.8 Å². The molecule has 18 heteroatoms. The maximum absolute atomic E-state index is 13.2. The Morgan fingerprint density at radius 2 is 1.26 bits per heavy atom. The normalized spacial score (nSPS) is 11.9. The summed E-state index contributed by atoms with van der Waals surface area (Å²) in [5.74, 6) is -1.49. The summed E-state index contributed by atoms with van der Waals surface area (Å²) < 4.78 is 107. The van der Waals surface area contributed by atoms with Gasteiger partial charge in [-0.15, -0.1) is 0 Å². The third-order valence-corrected chi connectivity index (χ3v) is 8.55. The van der Waals surface area contributed by atoms with Gasteiger partial charge < -0.3 is 30.0 Å². The number of hydrogen-bond donors (Lipinski definition) is 3. The quantitative estimate of drug-likeness (QED) is 0.122. The van der Waals surface area contributed by atoms with E-state index in [4.69, 9.17) is 5.73 Å². The molecular formula is C25H18N3NaO11S3-2. The Bertz CT molecular complexity index is 2130. The standard InChI is InChI=1S/C25H21N3O11S3.Na/c1-13-5-6-15(10-20(13)28-24(29)14-3-2-4-16(26)9-14)25(30)27-19-7-8-21(41(34,35)36)18-11-17(40(31,32)33)12-22(23(18)19)42(37,38)39;/h2-12H,26H2,1H3,(H,27,30)(H,28,29)(H,31,32,33)(H,34,35,36)(H,37,38,39);/q;+1/p-3. The Labute approximate surface area is 267 Å². The van der Waals surface area contributed by atoms with Gasteiger partial charge in [-0.1, -0.05) is 12.1 Å². The third-order valence-electron chi connectivity index (χ3n) is 5.98. The van der Waals surface area contributed by atoms with Crippen molar-refractivity contribution in [1.82, 2.24) is 0 Å². The van der Waals surface area contributed by atoms with Crippen LogP contribution < -0.4 is 45.9 Å². The van der Waals surface area contributed by atoms with Crippen molar-refractivity contribution >= 4 is 70.0 Å². The average Bonchev–Trinajstić information content (AvgIpc) is 2.87. The number of nitrogens with two attached hydrogens (primary N) is 1. The van der Waals surface area contributed by atoms with E-state index in [1.54, 1.807) is 19.1 Å². The van der Waals surface area contributed by atoms with Crippen LogP contribution in [0.15, 0.2) is 81.4 Å². The topological polar surface area (TPSA) is 256 Å². The first-order chi connectivity index (χ1) is 19.4. The Balaban J connectivity index is 0.00000506. The zero-order chi connectivity index (χ0) is 31.2. The number of carbonyl (C=O) groups excluding carboxylic acids is 2. The third kappa shape index (κ3) is 7.58. The average molecular weight is 656 g/mol. The van der Waals surface area contributed by atoms with Gasteiger partial charge in [0, 0.05) is 33.3 Å². The fourth-order valence-corrected chi connectivity index (χ4v) is 6.03. The Morgan fingerprint density at radius 1 is 0.674 bits per heavy atom. The predicted octanol–water partition coefficient (Wildman–Crippen LogP) is -1.05. The second-order valence-corrected chi connectivity index (χ2v) is 13.0. The van der Waals surface area contributed by atoms with Crippen molar-refractivity contribution in [2.24, 2.45) is 0 Å². The summed E-state index contributed by atoms with van der Waals surface area (Å²) in [6.07, 6.45) is 0. The number of carbonyl (C=O) groups is 2.